The summed E-state index contributed by atoms with van der Waals surface area (Å²) in [5.41, 5.74) is 1.03. The second-order valence-corrected chi connectivity index (χ2v) is 4.54. The second-order valence-electron chi connectivity index (χ2n) is 4.17. The third-order valence-corrected chi connectivity index (χ3v) is 3.08. The summed E-state index contributed by atoms with van der Waals surface area (Å²) in [4.78, 5) is 2.22. The lowest BCUT2D eigenvalue weighted by Crippen LogP contribution is -2.43. The van der Waals surface area contributed by atoms with E-state index < -0.39 is 0 Å². The Kier molecular flexibility index (Phi) is 3.17. The lowest BCUT2D eigenvalue weighted by Gasteiger charge is -2.27. The van der Waals surface area contributed by atoms with Crippen LogP contribution in [0.25, 0.3) is 0 Å². The Bertz CT molecular complexity index is 328. The molecule has 0 aromatic carbocycles. The van der Waals surface area contributed by atoms with Crippen molar-refractivity contribution in [3.63, 3.8) is 0 Å². The number of hydrogen-bond acceptors (Lipinski definition) is 3. The van der Waals surface area contributed by atoms with Crippen LogP contribution in [0.15, 0.2) is 0 Å². The van der Waals surface area contributed by atoms with E-state index in [4.69, 9.17) is 11.6 Å². The Balaban J connectivity index is 2.20. The van der Waals surface area contributed by atoms with Gasteiger partial charge in [0.2, 0.25) is 0 Å². The first-order valence-electron chi connectivity index (χ1n) is 5.39. The zero-order valence-electron chi connectivity index (χ0n) is 9.18. The van der Waals surface area contributed by atoms with E-state index in [1.807, 2.05) is 0 Å². The number of nitrogens with zero attached hydrogens (tertiary/aromatic N) is 2. The van der Waals surface area contributed by atoms with Crippen LogP contribution < -0.4 is 10.2 Å². The van der Waals surface area contributed by atoms with Crippen LogP contribution in [-0.4, -0.2) is 36.4 Å². The number of H-pyrrole nitrogens is 1. The third kappa shape index (κ3) is 2.11. The fourth-order valence-corrected chi connectivity index (χ4v) is 2.22. The zero-order chi connectivity index (χ0) is 10.8. The van der Waals surface area contributed by atoms with E-state index in [1.165, 1.54) is 0 Å². The van der Waals surface area contributed by atoms with Gasteiger partial charge < -0.3 is 10.2 Å². The number of aromatic nitrogens is 2. The Morgan fingerprint density at radius 3 is 2.53 bits per heavy atom. The van der Waals surface area contributed by atoms with Gasteiger partial charge in [0, 0.05) is 26.2 Å². The maximum atomic E-state index is 6.30. The molecule has 0 radical (unpaired) electrons. The summed E-state index contributed by atoms with van der Waals surface area (Å²) in [5.74, 6) is 1.29. The van der Waals surface area contributed by atoms with Crippen LogP contribution in [0.3, 0.4) is 0 Å². The average Bonchev–Trinajstić information content (AvgIpc) is 2.61. The maximum Gasteiger partial charge on any atom is 0.169 e. The molecule has 0 unspecified atom stereocenters. The highest BCUT2D eigenvalue weighted by atomic mass is 35.5. The highest BCUT2D eigenvalue weighted by molar-refractivity contribution is 6.33. The quantitative estimate of drug-likeness (QED) is 0.808. The van der Waals surface area contributed by atoms with Gasteiger partial charge in [0.05, 0.1) is 5.69 Å². The molecule has 0 bridgehead atoms. The van der Waals surface area contributed by atoms with Crippen LogP contribution in [-0.2, 0) is 0 Å². The van der Waals surface area contributed by atoms with Crippen molar-refractivity contribution in [1.29, 1.82) is 0 Å². The van der Waals surface area contributed by atoms with Crippen LogP contribution in [0.2, 0.25) is 5.02 Å². The summed E-state index contributed by atoms with van der Waals surface area (Å²) in [6.45, 7) is 8.17. The molecule has 0 aliphatic carbocycles. The Morgan fingerprint density at radius 2 is 2.00 bits per heavy atom. The molecule has 0 spiro atoms. The van der Waals surface area contributed by atoms with Gasteiger partial charge in [-0.15, -0.1) is 0 Å². The van der Waals surface area contributed by atoms with E-state index in [2.05, 4.69) is 34.3 Å². The highest BCUT2D eigenvalue weighted by Gasteiger charge is 2.20. The van der Waals surface area contributed by atoms with Gasteiger partial charge in [-0.2, -0.15) is 5.10 Å². The van der Waals surface area contributed by atoms with E-state index in [9.17, 15) is 0 Å². The molecule has 2 rings (SSSR count). The minimum absolute atomic E-state index is 0.390. The molecule has 1 saturated heterocycles. The number of aromatic amines is 1. The number of rotatable bonds is 2. The first kappa shape index (κ1) is 10.8. The van der Waals surface area contributed by atoms with Crippen LogP contribution in [0.1, 0.15) is 25.5 Å². The van der Waals surface area contributed by atoms with E-state index in [1.54, 1.807) is 0 Å². The van der Waals surface area contributed by atoms with Crippen LogP contribution in [0, 0.1) is 0 Å². The van der Waals surface area contributed by atoms with E-state index in [0.717, 1.165) is 42.7 Å². The summed E-state index contributed by atoms with van der Waals surface area (Å²) < 4.78 is 0. The van der Waals surface area contributed by atoms with Gasteiger partial charge in [-0.3, -0.25) is 5.10 Å². The molecule has 2 heterocycles. The van der Waals surface area contributed by atoms with E-state index in [-0.39, 0.29) is 0 Å². The Hall–Kier alpha value is -0.740. The van der Waals surface area contributed by atoms with Crippen molar-refractivity contribution < 1.29 is 0 Å². The average molecular weight is 229 g/mol. The maximum absolute atomic E-state index is 6.30. The normalized spacial score (nSPS) is 17.5. The van der Waals surface area contributed by atoms with Crippen molar-refractivity contribution in [3.8, 4) is 0 Å². The number of anilines is 1. The van der Waals surface area contributed by atoms with Gasteiger partial charge >= 0.3 is 0 Å². The van der Waals surface area contributed by atoms with E-state index in [0.29, 0.717) is 5.92 Å². The molecule has 1 fully saturated rings. The summed E-state index contributed by atoms with van der Waals surface area (Å²) in [5, 5.41) is 11.4. The molecular weight excluding hydrogens is 212 g/mol. The smallest absolute Gasteiger partial charge is 0.169 e. The predicted molar refractivity (Wildman–Crippen MR) is 62.8 cm³/mol. The van der Waals surface area contributed by atoms with Gasteiger partial charge in [0.1, 0.15) is 5.02 Å². The molecule has 1 aromatic rings. The predicted octanol–water partition coefficient (Wildman–Crippen LogP) is 1.60. The number of hydrogen-bond donors (Lipinski definition) is 2. The first-order valence-corrected chi connectivity index (χ1v) is 5.77. The van der Waals surface area contributed by atoms with Crippen molar-refractivity contribution in [1.82, 2.24) is 15.5 Å². The standard InChI is InChI=1S/C10H17ClN4/c1-7(2)9-8(11)10(14-13-9)15-5-3-12-4-6-15/h7,12H,3-6H2,1-2H3,(H,13,14). The summed E-state index contributed by atoms with van der Waals surface area (Å²) in [6.07, 6.45) is 0. The molecule has 0 saturated carbocycles. The number of piperazine rings is 1. The molecule has 84 valence electrons. The molecule has 1 aliphatic rings. The van der Waals surface area contributed by atoms with Crippen LogP contribution in [0.5, 0.6) is 0 Å². The first-order chi connectivity index (χ1) is 7.20. The minimum atomic E-state index is 0.390. The summed E-state index contributed by atoms with van der Waals surface area (Å²) in [7, 11) is 0. The monoisotopic (exact) mass is 228 g/mol. The molecule has 15 heavy (non-hydrogen) atoms. The van der Waals surface area contributed by atoms with Crippen molar-refractivity contribution in [3.05, 3.63) is 10.7 Å². The fourth-order valence-electron chi connectivity index (χ4n) is 1.80. The molecular formula is C10H17ClN4. The number of halogens is 1. The third-order valence-electron chi connectivity index (χ3n) is 2.71. The van der Waals surface area contributed by atoms with Crippen LogP contribution >= 0.6 is 11.6 Å². The van der Waals surface area contributed by atoms with Gasteiger partial charge in [-0.05, 0) is 5.92 Å². The number of nitrogens with one attached hydrogen (secondary N) is 2. The van der Waals surface area contributed by atoms with Crippen LogP contribution in [0.4, 0.5) is 5.82 Å². The molecule has 2 N–H and O–H groups in total. The molecule has 1 aliphatic heterocycles. The van der Waals surface area contributed by atoms with Gasteiger partial charge in [0.25, 0.3) is 0 Å². The zero-order valence-corrected chi connectivity index (χ0v) is 9.93. The minimum Gasteiger partial charge on any atom is -0.351 e. The lowest BCUT2D eigenvalue weighted by molar-refractivity contribution is 0.584. The fraction of sp³-hybridized carbons (Fsp3) is 0.700. The topological polar surface area (TPSA) is 44.0 Å². The lowest BCUT2D eigenvalue weighted by atomic mass is 10.1. The van der Waals surface area contributed by atoms with Crippen molar-refractivity contribution >= 4 is 17.4 Å². The molecule has 5 heteroatoms. The Morgan fingerprint density at radius 1 is 1.33 bits per heavy atom. The van der Waals surface area contributed by atoms with Crippen molar-refractivity contribution in [2.75, 3.05) is 31.1 Å². The van der Waals surface area contributed by atoms with Gasteiger partial charge in [-0.25, -0.2) is 0 Å². The molecule has 0 atom stereocenters. The summed E-state index contributed by atoms with van der Waals surface area (Å²) >= 11 is 6.30. The van der Waals surface area contributed by atoms with Gasteiger partial charge in [0.15, 0.2) is 5.82 Å². The summed E-state index contributed by atoms with van der Waals surface area (Å²) in [6, 6.07) is 0. The SMILES string of the molecule is CC(C)c1[nH]nc(N2CCNCC2)c1Cl. The largest absolute Gasteiger partial charge is 0.351 e. The van der Waals surface area contributed by atoms with Gasteiger partial charge in [-0.1, -0.05) is 25.4 Å². The van der Waals surface area contributed by atoms with Crippen molar-refractivity contribution in [2.24, 2.45) is 0 Å². The van der Waals surface area contributed by atoms with Crippen molar-refractivity contribution in [2.45, 2.75) is 19.8 Å². The molecule has 1 aromatic heterocycles. The highest BCUT2D eigenvalue weighted by Crippen LogP contribution is 2.30. The molecule has 4 nitrogen and oxygen atoms in total. The second kappa shape index (κ2) is 4.41. The molecule has 0 amide bonds. The van der Waals surface area contributed by atoms with E-state index >= 15 is 0 Å². The Labute approximate surface area is 95.0 Å².